The summed E-state index contributed by atoms with van der Waals surface area (Å²) >= 11 is 0. The standard InChI is InChI=1S/C17H26N2O/c1-15-5-2-3-11-19(15)12-4-10-18-13-16-6-8-17(14-20)9-7-16/h6-9,14-15,18H,2-5,10-13H2,1H3. The molecule has 1 saturated heterocycles. The number of rotatable bonds is 7. The van der Waals surface area contributed by atoms with Crippen molar-refractivity contribution in [2.45, 2.75) is 45.2 Å². The highest BCUT2D eigenvalue weighted by Crippen LogP contribution is 2.16. The maximum absolute atomic E-state index is 10.6. The van der Waals surface area contributed by atoms with Gasteiger partial charge in [0, 0.05) is 18.2 Å². The first-order chi connectivity index (χ1) is 9.79. The summed E-state index contributed by atoms with van der Waals surface area (Å²) in [6.45, 7) is 6.76. The van der Waals surface area contributed by atoms with Crippen LogP contribution < -0.4 is 5.32 Å². The van der Waals surface area contributed by atoms with E-state index in [-0.39, 0.29) is 0 Å². The van der Waals surface area contributed by atoms with Gasteiger partial charge >= 0.3 is 0 Å². The molecule has 110 valence electrons. The number of benzene rings is 1. The molecule has 1 aromatic rings. The van der Waals surface area contributed by atoms with E-state index in [0.717, 1.165) is 31.0 Å². The normalized spacial score (nSPS) is 19.9. The van der Waals surface area contributed by atoms with Crippen molar-refractivity contribution in [2.75, 3.05) is 19.6 Å². The third kappa shape index (κ3) is 4.73. The minimum Gasteiger partial charge on any atom is -0.313 e. The van der Waals surface area contributed by atoms with Crippen molar-refractivity contribution in [3.63, 3.8) is 0 Å². The van der Waals surface area contributed by atoms with Crippen molar-refractivity contribution >= 4 is 6.29 Å². The van der Waals surface area contributed by atoms with E-state index >= 15 is 0 Å². The average Bonchev–Trinajstić information content (AvgIpc) is 2.49. The summed E-state index contributed by atoms with van der Waals surface area (Å²) in [6.07, 6.45) is 6.21. The lowest BCUT2D eigenvalue weighted by atomic mass is 10.0. The van der Waals surface area contributed by atoms with Crippen molar-refractivity contribution in [3.8, 4) is 0 Å². The lowest BCUT2D eigenvalue weighted by Gasteiger charge is -2.33. The second-order valence-corrected chi connectivity index (χ2v) is 5.77. The Morgan fingerprint density at radius 1 is 1.30 bits per heavy atom. The third-order valence-corrected chi connectivity index (χ3v) is 4.18. The van der Waals surface area contributed by atoms with E-state index in [1.807, 2.05) is 24.3 Å². The molecule has 2 rings (SSSR count). The highest BCUT2D eigenvalue weighted by molar-refractivity contribution is 5.74. The average molecular weight is 274 g/mol. The van der Waals surface area contributed by atoms with Gasteiger partial charge in [-0.2, -0.15) is 0 Å². The lowest BCUT2D eigenvalue weighted by molar-refractivity contribution is 0.112. The van der Waals surface area contributed by atoms with E-state index in [0.29, 0.717) is 0 Å². The van der Waals surface area contributed by atoms with Crippen molar-refractivity contribution in [1.82, 2.24) is 10.2 Å². The summed E-state index contributed by atoms with van der Waals surface area (Å²) in [5.41, 5.74) is 1.98. The number of nitrogens with one attached hydrogen (secondary N) is 1. The maximum Gasteiger partial charge on any atom is 0.150 e. The van der Waals surface area contributed by atoms with Gasteiger partial charge in [0.15, 0.2) is 0 Å². The van der Waals surface area contributed by atoms with Crippen LogP contribution in [0.15, 0.2) is 24.3 Å². The first-order valence-corrected chi connectivity index (χ1v) is 7.78. The molecule has 0 radical (unpaired) electrons. The van der Waals surface area contributed by atoms with Crippen LogP contribution in [0.1, 0.15) is 48.5 Å². The highest BCUT2D eigenvalue weighted by atomic mass is 16.1. The van der Waals surface area contributed by atoms with Gasteiger partial charge in [-0.15, -0.1) is 0 Å². The van der Waals surface area contributed by atoms with E-state index in [9.17, 15) is 4.79 Å². The number of nitrogens with zero attached hydrogens (tertiary/aromatic N) is 1. The topological polar surface area (TPSA) is 32.3 Å². The van der Waals surface area contributed by atoms with Gasteiger partial charge in [0.1, 0.15) is 6.29 Å². The number of hydrogen-bond donors (Lipinski definition) is 1. The summed E-state index contributed by atoms with van der Waals surface area (Å²) in [7, 11) is 0. The number of carbonyl (C=O) groups is 1. The van der Waals surface area contributed by atoms with Crippen LogP contribution in [0.4, 0.5) is 0 Å². The number of likely N-dealkylation sites (tertiary alicyclic amines) is 1. The fourth-order valence-electron chi connectivity index (χ4n) is 2.84. The van der Waals surface area contributed by atoms with Crippen molar-refractivity contribution in [2.24, 2.45) is 0 Å². The second-order valence-electron chi connectivity index (χ2n) is 5.77. The number of hydrogen-bond acceptors (Lipinski definition) is 3. The predicted molar refractivity (Wildman–Crippen MR) is 83.0 cm³/mol. The molecule has 1 aromatic carbocycles. The van der Waals surface area contributed by atoms with E-state index in [2.05, 4.69) is 17.1 Å². The SMILES string of the molecule is CC1CCCCN1CCCNCc1ccc(C=O)cc1. The molecule has 0 saturated carbocycles. The number of aldehydes is 1. The molecule has 1 N–H and O–H groups in total. The van der Waals surface area contributed by atoms with Crippen LogP contribution in [0.3, 0.4) is 0 Å². The Hall–Kier alpha value is -1.19. The molecule has 0 amide bonds. The predicted octanol–water partition coefficient (Wildman–Crippen LogP) is 2.85. The Kier molecular flexibility index (Phi) is 6.22. The molecule has 1 aliphatic rings. The van der Waals surface area contributed by atoms with Gasteiger partial charge in [-0.1, -0.05) is 30.7 Å². The van der Waals surface area contributed by atoms with Gasteiger partial charge in [0.05, 0.1) is 0 Å². The zero-order valence-corrected chi connectivity index (χ0v) is 12.5. The van der Waals surface area contributed by atoms with Gasteiger partial charge < -0.3 is 10.2 Å². The monoisotopic (exact) mass is 274 g/mol. The summed E-state index contributed by atoms with van der Waals surface area (Å²) in [4.78, 5) is 13.2. The molecule has 1 heterocycles. The molecule has 20 heavy (non-hydrogen) atoms. The molecule has 1 fully saturated rings. The lowest BCUT2D eigenvalue weighted by Crippen LogP contribution is -2.38. The van der Waals surface area contributed by atoms with Gasteiger partial charge in [0.25, 0.3) is 0 Å². The molecular formula is C17H26N2O. The molecule has 1 atom stereocenters. The van der Waals surface area contributed by atoms with Gasteiger partial charge in [0.2, 0.25) is 0 Å². The summed E-state index contributed by atoms with van der Waals surface area (Å²) in [5, 5.41) is 3.48. The second kappa shape index (κ2) is 8.18. The fourth-order valence-corrected chi connectivity index (χ4v) is 2.84. The Balaban J connectivity index is 1.60. The first-order valence-electron chi connectivity index (χ1n) is 7.78. The van der Waals surface area contributed by atoms with Crippen LogP contribution in [0.5, 0.6) is 0 Å². The Morgan fingerprint density at radius 2 is 2.10 bits per heavy atom. The Morgan fingerprint density at radius 3 is 2.80 bits per heavy atom. The molecule has 0 aromatic heterocycles. The zero-order valence-electron chi connectivity index (χ0n) is 12.5. The number of carbonyl (C=O) groups excluding carboxylic acids is 1. The van der Waals surface area contributed by atoms with Crippen molar-refractivity contribution < 1.29 is 4.79 Å². The minimum absolute atomic E-state index is 0.743. The summed E-state index contributed by atoms with van der Waals surface area (Å²) in [6, 6.07) is 8.55. The molecule has 3 heteroatoms. The highest BCUT2D eigenvalue weighted by Gasteiger charge is 2.16. The zero-order chi connectivity index (χ0) is 14.2. The quantitative estimate of drug-likeness (QED) is 0.613. The van der Waals surface area contributed by atoms with Gasteiger partial charge in [-0.05, 0) is 51.4 Å². The smallest absolute Gasteiger partial charge is 0.150 e. The molecule has 0 aliphatic carbocycles. The van der Waals surface area contributed by atoms with Crippen LogP contribution in [0.25, 0.3) is 0 Å². The van der Waals surface area contributed by atoms with Crippen LogP contribution in [-0.2, 0) is 6.54 Å². The largest absolute Gasteiger partial charge is 0.313 e. The minimum atomic E-state index is 0.743. The van der Waals surface area contributed by atoms with E-state index in [1.165, 1.54) is 44.3 Å². The molecule has 3 nitrogen and oxygen atoms in total. The first kappa shape index (κ1) is 15.2. The van der Waals surface area contributed by atoms with Crippen molar-refractivity contribution in [3.05, 3.63) is 35.4 Å². The number of piperidine rings is 1. The third-order valence-electron chi connectivity index (χ3n) is 4.18. The van der Waals surface area contributed by atoms with Crippen molar-refractivity contribution in [1.29, 1.82) is 0 Å². The van der Waals surface area contributed by atoms with E-state index < -0.39 is 0 Å². The van der Waals surface area contributed by atoms with Gasteiger partial charge in [-0.25, -0.2) is 0 Å². The van der Waals surface area contributed by atoms with Crippen LogP contribution in [0.2, 0.25) is 0 Å². The molecule has 0 bridgehead atoms. The summed E-state index contributed by atoms with van der Waals surface area (Å²) < 4.78 is 0. The molecular weight excluding hydrogens is 248 g/mol. The molecule has 1 unspecified atom stereocenters. The van der Waals surface area contributed by atoms with Crippen LogP contribution >= 0.6 is 0 Å². The van der Waals surface area contributed by atoms with Gasteiger partial charge in [-0.3, -0.25) is 4.79 Å². The van der Waals surface area contributed by atoms with Crippen LogP contribution in [-0.4, -0.2) is 36.9 Å². The Bertz CT molecular complexity index is 402. The van der Waals surface area contributed by atoms with Crippen LogP contribution in [0, 0.1) is 0 Å². The maximum atomic E-state index is 10.6. The molecule has 1 aliphatic heterocycles. The van der Waals surface area contributed by atoms with E-state index in [1.54, 1.807) is 0 Å². The summed E-state index contributed by atoms with van der Waals surface area (Å²) in [5.74, 6) is 0. The fraction of sp³-hybridized carbons (Fsp3) is 0.588. The molecule has 0 spiro atoms. The Labute approximate surface area is 122 Å². The van der Waals surface area contributed by atoms with E-state index in [4.69, 9.17) is 0 Å².